The number of carbonyl (C=O) groups is 2. The molecule has 2 rings (SSSR count). The Morgan fingerprint density at radius 2 is 2.04 bits per heavy atom. The number of anilines is 1. The molecule has 5 nitrogen and oxygen atoms in total. The first-order chi connectivity index (χ1) is 10.9. The summed E-state index contributed by atoms with van der Waals surface area (Å²) in [6.07, 6.45) is 3.56. The predicted octanol–water partition coefficient (Wildman–Crippen LogP) is 3.16. The molecular weight excluding hydrogens is 316 g/mol. The SMILES string of the molecule is CC(OC(=O)c1ccc(Cl)c(N)c1)C(=O)NC1CCCCC1C. The van der Waals surface area contributed by atoms with Crippen LogP contribution >= 0.6 is 11.6 Å². The van der Waals surface area contributed by atoms with Crippen molar-refractivity contribution in [3.8, 4) is 0 Å². The van der Waals surface area contributed by atoms with E-state index < -0.39 is 12.1 Å². The molecule has 0 saturated heterocycles. The molecule has 23 heavy (non-hydrogen) atoms. The summed E-state index contributed by atoms with van der Waals surface area (Å²) in [5, 5.41) is 3.36. The largest absolute Gasteiger partial charge is 0.449 e. The number of nitrogen functional groups attached to an aromatic ring is 1. The number of carbonyl (C=O) groups excluding carboxylic acids is 2. The van der Waals surface area contributed by atoms with Crippen LogP contribution in [-0.4, -0.2) is 24.0 Å². The van der Waals surface area contributed by atoms with E-state index in [9.17, 15) is 9.59 Å². The van der Waals surface area contributed by atoms with Crippen molar-refractivity contribution in [2.45, 2.75) is 51.7 Å². The molecule has 0 bridgehead atoms. The van der Waals surface area contributed by atoms with Crippen molar-refractivity contribution < 1.29 is 14.3 Å². The fraction of sp³-hybridized carbons (Fsp3) is 0.529. The maximum atomic E-state index is 12.2. The molecule has 1 aliphatic carbocycles. The average Bonchev–Trinajstić information content (AvgIpc) is 2.52. The molecule has 126 valence electrons. The first kappa shape index (κ1) is 17.6. The molecule has 0 spiro atoms. The first-order valence-corrected chi connectivity index (χ1v) is 8.32. The van der Waals surface area contributed by atoms with Gasteiger partial charge < -0.3 is 15.8 Å². The van der Waals surface area contributed by atoms with Gasteiger partial charge in [0.15, 0.2) is 6.10 Å². The number of nitrogens with two attached hydrogens (primary N) is 1. The topological polar surface area (TPSA) is 81.4 Å². The van der Waals surface area contributed by atoms with Crippen molar-refractivity contribution >= 4 is 29.2 Å². The van der Waals surface area contributed by atoms with Gasteiger partial charge in [-0.2, -0.15) is 0 Å². The van der Waals surface area contributed by atoms with Crippen LogP contribution in [0.25, 0.3) is 0 Å². The molecule has 0 aromatic heterocycles. The van der Waals surface area contributed by atoms with Crippen LogP contribution in [-0.2, 0) is 9.53 Å². The van der Waals surface area contributed by atoms with Crippen LogP contribution in [0, 0.1) is 5.92 Å². The van der Waals surface area contributed by atoms with Gasteiger partial charge in [-0.25, -0.2) is 4.79 Å². The highest BCUT2D eigenvalue weighted by atomic mass is 35.5. The third-order valence-electron chi connectivity index (χ3n) is 4.32. The van der Waals surface area contributed by atoms with Gasteiger partial charge in [0.1, 0.15) is 0 Å². The lowest BCUT2D eigenvalue weighted by Gasteiger charge is -2.30. The lowest BCUT2D eigenvalue weighted by atomic mass is 9.86. The standard InChI is InChI=1S/C17H23ClN2O3/c1-10-5-3-4-6-15(10)20-16(21)11(2)23-17(22)12-7-8-13(18)14(19)9-12/h7-11,15H,3-6,19H2,1-2H3,(H,20,21). The number of nitrogens with one attached hydrogen (secondary N) is 1. The minimum absolute atomic E-state index is 0.156. The van der Waals surface area contributed by atoms with Crippen LogP contribution in [0.5, 0.6) is 0 Å². The van der Waals surface area contributed by atoms with Crippen LogP contribution in [0.1, 0.15) is 49.9 Å². The van der Waals surface area contributed by atoms with Gasteiger partial charge in [-0.05, 0) is 43.9 Å². The third kappa shape index (κ3) is 4.61. The normalized spacial score (nSPS) is 22.2. The summed E-state index contributed by atoms with van der Waals surface area (Å²) in [6.45, 7) is 3.71. The minimum Gasteiger partial charge on any atom is -0.449 e. The lowest BCUT2D eigenvalue weighted by molar-refractivity contribution is -0.130. The molecular formula is C17H23ClN2O3. The highest BCUT2D eigenvalue weighted by molar-refractivity contribution is 6.33. The lowest BCUT2D eigenvalue weighted by Crippen LogP contribution is -2.45. The highest BCUT2D eigenvalue weighted by Crippen LogP contribution is 2.24. The zero-order valence-corrected chi connectivity index (χ0v) is 14.2. The van der Waals surface area contributed by atoms with Crippen LogP contribution in [0.2, 0.25) is 5.02 Å². The van der Waals surface area contributed by atoms with Crippen molar-refractivity contribution in [2.75, 3.05) is 5.73 Å². The third-order valence-corrected chi connectivity index (χ3v) is 4.67. The van der Waals surface area contributed by atoms with Gasteiger partial charge >= 0.3 is 5.97 Å². The fourth-order valence-corrected chi connectivity index (χ4v) is 2.90. The molecule has 3 unspecified atom stereocenters. The molecule has 0 radical (unpaired) electrons. The second-order valence-corrected chi connectivity index (χ2v) is 6.57. The fourth-order valence-electron chi connectivity index (χ4n) is 2.78. The monoisotopic (exact) mass is 338 g/mol. The maximum absolute atomic E-state index is 12.2. The second-order valence-electron chi connectivity index (χ2n) is 6.16. The summed E-state index contributed by atoms with van der Waals surface area (Å²) in [7, 11) is 0. The Bertz CT molecular complexity index is 591. The maximum Gasteiger partial charge on any atom is 0.338 e. The van der Waals surface area contributed by atoms with E-state index in [1.54, 1.807) is 6.92 Å². The number of hydrogen-bond donors (Lipinski definition) is 2. The Hall–Kier alpha value is -1.75. The molecule has 3 atom stereocenters. The number of benzene rings is 1. The Morgan fingerprint density at radius 3 is 2.70 bits per heavy atom. The van der Waals surface area contributed by atoms with E-state index in [2.05, 4.69) is 12.2 Å². The van der Waals surface area contributed by atoms with Crippen LogP contribution in [0.15, 0.2) is 18.2 Å². The molecule has 1 saturated carbocycles. The Balaban J connectivity index is 1.92. The van der Waals surface area contributed by atoms with Crippen LogP contribution in [0.3, 0.4) is 0 Å². The molecule has 3 N–H and O–H groups in total. The molecule has 0 heterocycles. The van der Waals surface area contributed by atoms with Crippen molar-refractivity contribution in [1.82, 2.24) is 5.32 Å². The zero-order chi connectivity index (χ0) is 17.0. The van der Waals surface area contributed by atoms with Gasteiger partial charge in [-0.1, -0.05) is 31.4 Å². The van der Waals surface area contributed by atoms with E-state index >= 15 is 0 Å². The molecule has 1 fully saturated rings. The smallest absolute Gasteiger partial charge is 0.338 e. The van der Waals surface area contributed by atoms with Gasteiger partial charge in [-0.3, -0.25) is 4.79 Å². The van der Waals surface area contributed by atoms with Crippen molar-refractivity contribution in [1.29, 1.82) is 0 Å². The summed E-state index contributed by atoms with van der Waals surface area (Å²) >= 11 is 5.82. The van der Waals surface area contributed by atoms with Gasteiger partial charge in [0.2, 0.25) is 0 Å². The number of ether oxygens (including phenoxy) is 1. The molecule has 6 heteroatoms. The minimum atomic E-state index is -0.853. The Kier molecular flexibility index (Phi) is 5.88. The number of rotatable bonds is 4. The van der Waals surface area contributed by atoms with E-state index in [1.165, 1.54) is 24.6 Å². The molecule has 1 aromatic rings. The van der Waals surface area contributed by atoms with E-state index in [1.807, 2.05) is 0 Å². The van der Waals surface area contributed by atoms with E-state index in [4.69, 9.17) is 22.1 Å². The van der Waals surface area contributed by atoms with Gasteiger partial charge in [-0.15, -0.1) is 0 Å². The Labute approximate surface area is 141 Å². The number of halogens is 1. The summed E-state index contributed by atoms with van der Waals surface area (Å²) < 4.78 is 5.22. The molecule has 1 amide bonds. The number of amides is 1. The second kappa shape index (κ2) is 7.68. The quantitative estimate of drug-likeness (QED) is 0.652. The van der Waals surface area contributed by atoms with Gasteiger partial charge in [0, 0.05) is 6.04 Å². The predicted molar refractivity (Wildman–Crippen MR) is 90.3 cm³/mol. The summed E-state index contributed by atoms with van der Waals surface area (Å²) in [4.78, 5) is 24.3. The van der Waals surface area contributed by atoms with Crippen molar-refractivity contribution in [2.24, 2.45) is 5.92 Å². The van der Waals surface area contributed by atoms with Gasteiger partial charge in [0.25, 0.3) is 5.91 Å². The average molecular weight is 339 g/mol. The van der Waals surface area contributed by atoms with E-state index in [-0.39, 0.29) is 17.5 Å². The molecule has 0 aliphatic heterocycles. The summed E-state index contributed by atoms with van der Waals surface area (Å²) in [6, 6.07) is 4.65. The van der Waals surface area contributed by atoms with Crippen LogP contribution in [0.4, 0.5) is 5.69 Å². The highest BCUT2D eigenvalue weighted by Gasteiger charge is 2.26. The van der Waals surface area contributed by atoms with Crippen molar-refractivity contribution in [3.05, 3.63) is 28.8 Å². The zero-order valence-electron chi connectivity index (χ0n) is 13.5. The molecule has 1 aromatic carbocycles. The number of esters is 1. The summed E-state index contributed by atoms with van der Waals surface area (Å²) in [5.74, 6) is -0.404. The first-order valence-electron chi connectivity index (χ1n) is 7.95. The molecule has 1 aliphatic rings. The van der Waals surface area contributed by atoms with Gasteiger partial charge in [0.05, 0.1) is 16.3 Å². The number of hydrogen-bond acceptors (Lipinski definition) is 4. The van der Waals surface area contributed by atoms with E-state index in [0.29, 0.717) is 16.6 Å². The van der Waals surface area contributed by atoms with Crippen molar-refractivity contribution in [3.63, 3.8) is 0 Å². The Morgan fingerprint density at radius 1 is 1.35 bits per heavy atom. The summed E-state index contributed by atoms with van der Waals surface area (Å²) in [5.41, 5.74) is 6.24. The van der Waals surface area contributed by atoms with E-state index in [0.717, 1.165) is 19.3 Å². The van der Waals surface area contributed by atoms with Crippen LogP contribution < -0.4 is 11.1 Å².